The SMILES string of the molecule is CC(C=O)CCCCCCC(C=Cc1ccccc1)CCC([N-]c1ccc[nH]1)C(=CC(=O)O)CN=C(N)N. The molecule has 0 aliphatic rings. The lowest BCUT2D eigenvalue weighted by molar-refractivity contribution is -0.131. The third kappa shape index (κ3) is 12.9. The number of nitrogens with two attached hydrogens (primary N) is 2. The highest BCUT2D eigenvalue weighted by molar-refractivity contribution is 5.81. The first kappa shape index (κ1) is 30.4. The van der Waals surface area contributed by atoms with Crippen LogP contribution in [0.3, 0.4) is 0 Å². The number of aliphatic carboxylic acids is 1. The fourth-order valence-corrected chi connectivity index (χ4v) is 4.30. The maximum absolute atomic E-state index is 11.6. The molecule has 2 aromatic rings. The molecular weight excluding hydrogens is 478 g/mol. The largest absolute Gasteiger partial charge is 0.478 e. The number of aldehydes is 1. The van der Waals surface area contributed by atoms with Crippen molar-refractivity contribution in [2.24, 2.45) is 28.3 Å². The molecule has 0 saturated heterocycles. The summed E-state index contributed by atoms with van der Waals surface area (Å²) in [6.07, 6.45) is 16.2. The summed E-state index contributed by atoms with van der Waals surface area (Å²) in [7, 11) is 0. The lowest BCUT2D eigenvalue weighted by atomic mass is 9.90. The molecule has 8 heteroatoms. The molecule has 2 rings (SSSR count). The molecule has 0 spiro atoms. The molecule has 8 nitrogen and oxygen atoms in total. The van der Waals surface area contributed by atoms with E-state index in [4.69, 9.17) is 16.8 Å². The zero-order valence-electron chi connectivity index (χ0n) is 22.3. The number of hydrogen-bond donors (Lipinski definition) is 4. The number of allylic oxidation sites excluding steroid dienone is 1. The van der Waals surface area contributed by atoms with Gasteiger partial charge in [0.05, 0.1) is 6.54 Å². The first-order valence-corrected chi connectivity index (χ1v) is 13.4. The molecule has 0 bridgehead atoms. The molecule has 3 unspecified atom stereocenters. The summed E-state index contributed by atoms with van der Waals surface area (Å²) in [5, 5.41) is 14.3. The maximum atomic E-state index is 11.6. The summed E-state index contributed by atoms with van der Waals surface area (Å²) in [6.45, 7) is 2.04. The van der Waals surface area contributed by atoms with E-state index in [0.29, 0.717) is 23.7 Å². The van der Waals surface area contributed by atoms with Crippen molar-refractivity contribution < 1.29 is 14.7 Å². The molecule has 0 saturated carbocycles. The second-order valence-electron chi connectivity index (χ2n) is 9.71. The molecule has 0 aliphatic heterocycles. The van der Waals surface area contributed by atoms with Crippen molar-refractivity contribution in [3.05, 3.63) is 77.3 Å². The summed E-state index contributed by atoms with van der Waals surface area (Å²) in [6, 6.07) is 13.5. The predicted molar refractivity (Wildman–Crippen MR) is 155 cm³/mol. The quantitative estimate of drug-likeness (QED) is 0.0593. The average molecular weight is 521 g/mol. The van der Waals surface area contributed by atoms with Crippen molar-refractivity contribution >= 4 is 30.1 Å². The van der Waals surface area contributed by atoms with Gasteiger partial charge in [-0.1, -0.05) is 99.2 Å². The number of H-pyrrole nitrogens is 1. The number of carbonyl (C=O) groups is 2. The van der Waals surface area contributed by atoms with Gasteiger partial charge in [0.25, 0.3) is 0 Å². The van der Waals surface area contributed by atoms with Crippen LogP contribution in [0.15, 0.2) is 71.4 Å². The van der Waals surface area contributed by atoms with E-state index in [0.717, 1.165) is 56.8 Å². The van der Waals surface area contributed by atoms with Crippen LogP contribution < -0.4 is 11.5 Å². The molecule has 3 atom stereocenters. The number of hydrogen-bond acceptors (Lipinski definition) is 3. The number of carboxylic acids is 1. The Balaban J connectivity index is 2.12. The molecule has 6 N–H and O–H groups in total. The first-order chi connectivity index (χ1) is 18.4. The zero-order valence-corrected chi connectivity index (χ0v) is 22.3. The predicted octanol–water partition coefficient (Wildman–Crippen LogP) is 5.96. The number of aromatic nitrogens is 1. The monoisotopic (exact) mass is 520 g/mol. The topological polar surface area (TPSA) is 149 Å². The molecule has 0 radical (unpaired) electrons. The third-order valence-corrected chi connectivity index (χ3v) is 6.45. The fraction of sp³-hybridized carbons (Fsp3) is 0.433. The number of nitrogens with one attached hydrogen (secondary N) is 1. The van der Waals surface area contributed by atoms with Gasteiger partial charge in [0.2, 0.25) is 0 Å². The summed E-state index contributed by atoms with van der Waals surface area (Å²) in [4.78, 5) is 29.6. The fourth-order valence-electron chi connectivity index (χ4n) is 4.30. The van der Waals surface area contributed by atoms with Gasteiger partial charge in [0, 0.05) is 12.0 Å². The van der Waals surface area contributed by atoms with Gasteiger partial charge in [0.15, 0.2) is 5.96 Å². The minimum absolute atomic E-state index is 0.0766. The Morgan fingerprint density at radius 1 is 1.03 bits per heavy atom. The lowest BCUT2D eigenvalue weighted by Crippen LogP contribution is -2.24. The maximum Gasteiger partial charge on any atom is 0.328 e. The number of aliphatic imine (C=N–C) groups is 1. The molecule has 0 amide bonds. The van der Waals surface area contributed by atoms with Crippen LogP contribution in [0.5, 0.6) is 0 Å². The molecule has 0 aliphatic carbocycles. The van der Waals surface area contributed by atoms with Gasteiger partial charge >= 0.3 is 5.97 Å². The first-order valence-electron chi connectivity index (χ1n) is 13.4. The summed E-state index contributed by atoms with van der Waals surface area (Å²) in [5.41, 5.74) is 12.8. The van der Waals surface area contributed by atoms with Gasteiger partial charge < -0.3 is 31.7 Å². The van der Waals surface area contributed by atoms with Gasteiger partial charge in [-0.05, 0) is 48.8 Å². The summed E-state index contributed by atoms with van der Waals surface area (Å²) < 4.78 is 0. The molecule has 1 aromatic heterocycles. The van der Waals surface area contributed by atoms with E-state index >= 15 is 0 Å². The van der Waals surface area contributed by atoms with Crippen molar-refractivity contribution in [2.75, 3.05) is 6.54 Å². The highest BCUT2D eigenvalue weighted by Gasteiger charge is 2.15. The normalized spacial score (nSPS) is 14.1. The van der Waals surface area contributed by atoms with Crippen LogP contribution in [0.25, 0.3) is 11.4 Å². The molecular formula is C30H42N5O3-. The van der Waals surface area contributed by atoms with Gasteiger partial charge in [0.1, 0.15) is 6.29 Å². The van der Waals surface area contributed by atoms with Gasteiger partial charge in [-0.25, -0.2) is 9.79 Å². The minimum Gasteiger partial charge on any atom is -0.478 e. The minimum atomic E-state index is -1.05. The second-order valence-corrected chi connectivity index (χ2v) is 9.71. The van der Waals surface area contributed by atoms with Crippen LogP contribution in [0.4, 0.5) is 5.82 Å². The van der Waals surface area contributed by atoms with Crippen molar-refractivity contribution in [1.29, 1.82) is 0 Å². The standard InChI is InChI=1S/C30H42N5O3/c1-23(22-36)10-5-2-3-6-13-25(16-15-24-11-7-4-8-12-24)17-18-27(35-28-14-9-19-33-28)26(20-29(37)38)21-34-30(31)32/h4,7-9,11-12,14-16,19-20,22-23,25,27,33H,2-3,5-6,10,13,17-18,21H2,1H3,(H,37,38)(H4,31,32,34)/q-1. The van der Waals surface area contributed by atoms with Crippen LogP contribution in [-0.2, 0) is 9.59 Å². The van der Waals surface area contributed by atoms with Crippen LogP contribution in [0, 0.1) is 11.8 Å². The van der Waals surface area contributed by atoms with Crippen molar-refractivity contribution in [1.82, 2.24) is 4.98 Å². The van der Waals surface area contributed by atoms with E-state index in [1.807, 2.05) is 37.3 Å². The third-order valence-electron chi connectivity index (χ3n) is 6.45. The second kappa shape index (κ2) is 17.6. The van der Waals surface area contributed by atoms with Gasteiger partial charge in [-0.2, -0.15) is 0 Å². The van der Waals surface area contributed by atoms with Crippen molar-refractivity contribution in [3.8, 4) is 0 Å². The number of aromatic amines is 1. The Morgan fingerprint density at radius 3 is 2.39 bits per heavy atom. The highest BCUT2D eigenvalue weighted by atomic mass is 16.4. The molecule has 1 heterocycles. The van der Waals surface area contributed by atoms with E-state index in [9.17, 15) is 14.7 Å². The van der Waals surface area contributed by atoms with Crippen molar-refractivity contribution in [3.63, 3.8) is 0 Å². The Kier molecular flexibility index (Phi) is 14.1. The van der Waals surface area contributed by atoms with Crippen LogP contribution >= 0.6 is 0 Å². The number of guanidine groups is 1. The number of benzene rings is 1. The Morgan fingerprint density at radius 2 is 1.76 bits per heavy atom. The number of carbonyl (C=O) groups excluding carboxylic acids is 1. The average Bonchev–Trinajstić information content (AvgIpc) is 3.42. The van der Waals surface area contributed by atoms with Crippen molar-refractivity contribution in [2.45, 2.75) is 64.3 Å². The Hall–Kier alpha value is -3.81. The Labute approximate surface area is 226 Å². The molecule has 206 valence electrons. The van der Waals surface area contributed by atoms with E-state index in [-0.39, 0.29) is 24.5 Å². The number of nitrogens with zero attached hydrogens (tertiary/aromatic N) is 2. The molecule has 38 heavy (non-hydrogen) atoms. The molecule has 1 aromatic carbocycles. The lowest BCUT2D eigenvalue weighted by Gasteiger charge is -2.28. The number of unbranched alkanes of at least 4 members (excludes halogenated alkanes) is 3. The van der Waals surface area contributed by atoms with Gasteiger partial charge in [-0.15, -0.1) is 0 Å². The van der Waals surface area contributed by atoms with E-state index in [2.05, 4.69) is 34.3 Å². The number of rotatable bonds is 19. The number of carboxylic acid groups (broad SMARTS) is 1. The molecule has 0 fully saturated rings. The summed E-state index contributed by atoms with van der Waals surface area (Å²) in [5.74, 6) is -0.0338. The highest BCUT2D eigenvalue weighted by Crippen LogP contribution is 2.30. The van der Waals surface area contributed by atoms with Crippen LogP contribution in [-0.4, -0.2) is 40.9 Å². The van der Waals surface area contributed by atoms with E-state index in [1.54, 1.807) is 6.20 Å². The zero-order chi connectivity index (χ0) is 27.6. The van der Waals surface area contributed by atoms with E-state index < -0.39 is 5.97 Å². The van der Waals surface area contributed by atoms with E-state index in [1.165, 1.54) is 6.08 Å². The smallest absolute Gasteiger partial charge is 0.328 e. The summed E-state index contributed by atoms with van der Waals surface area (Å²) >= 11 is 0. The Bertz CT molecular complexity index is 1030. The van der Waals surface area contributed by atoms with Crippen LogP contribution in [0.1, 0.15) is 63.9 Å². The van der Waals surface area contributed by atoms with Crippen LogP contribution in [0.2, 0.25) is 0 Å². The van der Waals surface area contributed by atoms with Gasteiger partial charge in [-0.3, -0.25) is 0 Å².